The van der Waals surface area contributed by atoms with E-state index >= 15 is 0 Å². The summed E-state index contributed by atoms with van der Waals surface area (Å²) in [6.45, 7) is 0. The van der Waals surface area contributed by atoms with Gasteiger partial charge < -0.3 is 0 Å². The Balaban J connectivity index is 0.000000810. The van der Waals surface area contributed by atoms with Gasteiger partial charge in [0.15, 0.2) is 0 Å². The number of hydrogen-bond donors (Lipinski definition) is 0. The van der Waals surface area contributed by atoms with Crippen LogP contribution in [0.25, 0.3) is 0 Å². The molecule has 0 saturated heterocycles. The topological polar surface area (TPSA) is 0 Å². The normalized spacial score (nSPS) is 8.70. The second-order valence-electron chi connectivity index (χ2n) is 1.48. The molecule has 0 atom stereocenters. The molecule has 4 heteroatoms. The van der Waals surface area contributed by atoms with Crippen molar-refractivity contribution in [3.8, 4) is 0 Å². The van der Waals surface area contributed by atoms with Gasteiger partial charge in [0, 0.05) is 11.6 Å². The molecule has 0 aliphatic heterocycles. The van der Waals surface area contributed by atoms with Crippen molar-refractivity contribution >= 4 is 0 Å². The molecule has 0 aliphatic rings. The van der Waals surface area contributed by atoms with Crippen LogP contribution < -0.4 is 18.9 Å². The third-order valence-electron chi connectivity index (χ3n) is 0.818. The molecule has 0 aromatic heterocycles. The SMILES string of the molecule is Fc1[c-]cc(F)c(F)c1.[Li+]. The van der Waals surface area contributed by atoms with Gasteiger partial charge in [-0.1, -0.05) is 6.07 Å². The molecular formula is C6H2F3Li. The van der Waals surface area contributed by atoms with Crippen molar-refractivity contribution in [2.75, 3.05) is 0 Å². The first-order chi connectivity index (χ1) is 4.20. The fraction of sp³-hybridized carbons (Fsp3) is 0. The van der Waals surface area contributed by atoms with Crippen molar-refractivity contribution in [3.05, 3.63) is 35.7 Å². The third kappa shape index (κ3) is 2.09. The predicted octanol–water partition coefficient (Wildman–Crippen LogP) is -1.09. The van der Waals surface area contributed by atoms with Gasteiger partial charge in [-0.3, -0.25) is 4.39 Å². The summed E-state index contributed by atoms with van der Waals surface area (Å²) in [6.07, 6.45) is 0. The van der Waals surface area contributed by atoms with Gasteiger partial charge in [0.05, 0.1) is 5.82 Å². The number of halogens is 3. The van der Waals surface area contributed by atoms with E-state index in [0.717, 1.165) is 0 Å². The van der Waals surface area contributed by atoms with Crippen LogP contribution in [0, 0.1) is 23.5 Å². The first-order valence-electron chi connectivity index (χ1n) is 2.22. The van der Waals surface area contributed by atoms with Crippen LogP contribution in [0.5, 0.6) is 0 Å². The molecular weight excluding hydrogens is 136 g/mol. The average molecular weight is 138 g/mol. The molecule has 0 N–H and O–H groups in total. The van der Waals surface area contributed by atoms with Gasteiger partial charge in [-0.2, -0.15) is 0 Å². The van der Waals surface area contributed by atoms with E-state index in [1.807, 2.05) is 6.07 Å². The molecule has 1 rings (SSSR count). The zero-order valence-corrected chi connectivity index (χ0v) is 5.29. The Morgan fingerprint density at radius 2 is 1.70 bits per heavy atom. The molecule has 10 heavy (non-hydrogen) atoms. The molecule has 0 saturated carbocycles. The van der Waals surface area contributed by atoms with Crippen LogP contribution >= 0.6 is 0 Å². The second kappa shape index (κ2) is 3.70. The quantitative estimate of drug-likeness (QED) is 0.243. The molecule has 0 fully saturated rings. The Kier molecular flexibility index (Phi) is 3.55. The zero-order chi connectivity index (χ0) is 6.85. The van der Waals surface area contributed by atoms with Crippen molar-refractivity contribution in [1.29, 1.82) is 0 Å². The van der Waals surface area contributed by atoms with E-state index in [0.29, 0.717) is 12.1 Å². The molecule has 0 spiro atoms. The first kappa shape index (κ1) is 9.61. The number of benzene rings is 1. The summed E-state index contributed by atoms with van der Waals surface area (Å²) in [5.41, 5.74) is 0. The van der Waals surface area contributed by atoms with Crippen LogP contribution in [0.3, 0.4) is 0 Å². The maximum Gasteiger partial charge on any atom is 1.00 e. The van der Waals surface area contributed by atoms with Crippen LogP contribution in [-0.2, 0) is 0 Å². The molecule has 48 valence electrons. The fourth-order valence-corrected chi connectivity index (χ4v) is 0.423. The summed E-state index contributed by atoms with van der Waals surface area (Å²) in [4.78, 5) is 0. The zero-order valence-electron chi connectivity index (χ0n) is 5.29. The van der Waals surface area contributed by atoms with E-state index in [2.05, 4.69) is 0 Å². The average Bonchev–Trinajstić information content (AvgIpc) is 1.80. The van der Waals surface area contributed by atoms with Crippen LogP contribution in [0.2, 0.25) is 0 Å². The van der Waals surface area contributed by atoms with E-state index in [1.54, 1.807) is 0 Å². The number of rotatable bonds is 0. The van der Waals surface area contributed by atoms with Gasteiger partial charge in [-0.25, -0.2) is 8.78 Å². The predicted molar refractivity (Wildman–Crippen MR) is 25.2 cm³/mol. The summed E-state index contributed by atoms with van der Waals surface area (Å²) < 4.78 is 35.8. The van der Waals surface area contributed by atoms with Gasteiger partial charge in [0.2, 0.25) is 0 Å². The van der Waals surface area contributed by atoms with E-state index in [9.17, 15) is 13.2 Å². The van der Waals surface area contributed by atoms with Crippen molar-refractivity contribution < 1.29 is 32.0 Å². The summed E-state index contributed by atoms with van der Waals surface area (Å²) >= 11 is 0. The van der Waals surface area contributed by atoms with E-state index in [-0.39, 0.29) is 18.9 Å². The largest absolute Gasteiger partial charge is 1.00 e. The smallest absolute Gasteiger partial charge is 0.281 e. The monoisotopic (exact) mass is 138 g/mol. The summed E-state index contributed by atoms with van der Waals surface area (Å²) in [7, 11) is 0. The van der Waals surface area contributed by atoms with Crippen LogP contribution in [0.15, 0.2) is 12.1 Å². The Hall–Kier alpha value is -0.393. The van der Waals surface area contributed by atoms with Gasteiger partial charge in [-0.15, -0.1) is 12.1 Å². The Morgan fingerprint density at radius 1 is 1.10 bits per heavy atom. The third-order valence-corrected chi connectivity index (χ3v) is 0.818. The standard InChI is InChI=1S/C6H2F3.Li/c7-4-1-2-5(8)6(9)3-4;/h2-3H;/q-1;+1. The van der Waals surface area contributed by atoms with Crippen molar-refractivity contribution in [1.82, 2.24) is 0 Å². The molecule has 0 nitrogen and oxygen atoms in total. The molecule has 0 amide bonds. The van der Waals surface area contributed by atoms with Crippen molar-refractivity contribution in [2.24, 2.45) is 0 Å². The molecule has 1 aromatic carbocycles. The van der Waals surface area contributed by atoms with E-state index in [1.165, 1.54) is 0 Å². The van der Waals surface area contributed by atoms with E-state index in [4.69, 9.17) is 0 Å². The molecule has 0 bridgehead atoms. The summed E-state index contributed by atoms with van der Waals surface area (Å²) in [6, 6.07) is 2.91. The second-order valence-corrected chi connectivity index (χ2v) is 1.48. The summed E-state index contributed by atoms with van der Waals surface area (Å²) in [5, 5.41) is 0. The van der Waals surface area contributed by atoms with Crippen molar-refractivity contribution in [3.63, 3.8) is 0 Å². The molecule has 0 aliphatic carbocycles. The molecule has 0 unspecified atom stereocenters. The van der Waals surface area contributed by atoms with Crippen LogP contribution in [-0.4, -0.2) is 0 Å². The van der Waals surface area contributed by atoms with Gasteiger partial charge in [0.1, 0.15) is 0 Å². The van der Waals surface area contributed by atoms with Gasteiger partial charge in [0.25, 0.3) is 0 Å². The fourth-order valence-electron chi connectivity index (χ4n) is 0.423. The van der Waals surface area contributed by atoms with Crippen LogP contribution in [0.4, 0.5) is 13.2 Å². The first-order valence-corrected chi connectivity index (χ1v) is 2.22. The minimum Gasteiger partial charge on any atom is -0.281 e. The van der Waals surface area contributed by atoms with E-state index < -0.39 is 17.5 Å². The number of hydrogen-bond acceptors (Lipinski definition) is 0. The minimum absolute atomic E-state index is 0. The van der Waals surface area contributed by atoms with Crippen molar-refractivity contribution in [2.45, 2.75) is 0 Å². The Morgan fingerprint density at radius 3 is 2.10 bits per heavy atom. The Bertz CT molecular complexity index is 224. The maximum atomic E-state index is 11.9. The Labute approximate surface area is 68.2 Å². The van der Waals surface area contributed by atoms with Gasteiger partial charge in [-0.05, 0) is 0 Å². The van der Waals surface area contributed by atoms with Gasteiger partial charge >= 0.3 is 18.9 Å². The molecule has 0 heterocycles. The summed E-state index contributed by atoms with van der Waals surface area (Å²) in [5.74, 6) is -3.17. The molecule has 1 aromatic rings. The van der Waals surface area contributed by atoms with Crippen LogP contribution in [0.1, 0.15) is 0 Å². The molecule has 0 radical (unpaired) electrons. The minimum atomic E-state index is -1.19. The maximum absolute atomic E-state index is 11.9.